The van der Waals surface area contributed by atoms with Crippen LogP contribution in [0, 0.1) is 17.6 Å². The number of nitrogens with one attached hydrogen (secondary N) is 2. The molecule has 1 fully saturated rings. The van der Waals surface area contributed by atoms with Crippen molar-refractivity contribution in [2.75, 3.05) is 27.7 Å². The summed E-state index contributed by atoms with van der Waals surface area (Å²) in [5.41, 5.74) is 0.286. The van der Waals surface area contributed by atoms with E-state index in [1.54, 1.807) is 7.05 Å². The average molecular weight is 310 g/mol. The number of benzene rings is 1. The quantitative estimate of drug-likeness (QED) is 0.623. The topological polar surface area (TPSA) is 39.7 Å². The first-order chi connectivity index (χ1) is 10.5. The molecule has 6 heteroatoms. The maximum absolute atomic E-state index is 13.6. The normalized spacial score (nSPS) is 16.7. The lowest BCUT2D eigenvalue weighted by Crippen LogP contribution is -2.45. The monoisotopic (exact) mass is 310 g/mol. The highest BCUT2D eigenvalue weighted by atomic mass is 19.1. The van der Waals surface area contributed by atoms with E-state index in [4.69, 9.17) is 0 Å². The van der Waals surface area contributed by atoms with Crippen molar-refractivity contribution in [3.05, 3.63) is 35.4 Å². The van der Waals surface area contributed by atoms with Gasteiger partial charge in [-0.2, -0.15) is 0 Å². The maximum atomic E-state index is 13.6. The van der Waals surface area contributed by atoms with E-state index in [0.717, 1.165) is 24.6 Å². The van der Waals surface area contributed by atoms with Crippen molar-refractivity contribution < 1.29 is 8.78 Å². The van der Waals surface area contributed by atoms with Gasteiger partial charge in [0.15, 0.2) is 5.96 Å². The molecule has 1 aliphatic rings. The minimum absolute atomic E-state index is 0.194. The fourth-order valence-corrected chi connectivity index (χ4v) is 2.53. The Morgan fingerprint density at radius 2 is 2.05 bits per heavy atom. The highest BCUT2D eigenvalue weighted by Gasteiger charge is 2.32. The molecule has 1 atom stereocenters. The molecule has 0 radical (unpaired) electrons. The Kier molecular flexibility index (Phi) is 5.71. The van der Waals surface area contributed by atoms with Crippen molar-refractivity contribution in [2.45, 2.75) is 25.4 Å². The predicted molar refractivity (Wildman–Crippen MR) is 84.8 cm³/mol. The van der Waals surface area contributed by atoms with Crippen molar-refractivity contribution in [3.63, 3.8) is 0 Å². The molecule has 2 N–H and O–H groups in total. The number of guanidine groups is 1. The van der Waals surface area contributed by atoms with Gasteiger partial charge in [-0.25, -0.2) is 8.78 Å². The van der Waals surface area contributed by atoms with Crippen LogP contribution in [0.25, 0.3) is 0 Å². The first-order valence-electron chi connectivity index (χ1n) is 7.56. The van der Waals surface area contributed by atoms with Crippen LogP contribution in [-0.4, -0.2) is 44.6 Å². The summed E-state index contributed by atoms with van der Waals surface area (Å²) in [6, 6.07) is 3.91. The standard InChI is InChI=1S/C16H24F2N4/c1-19-16(21-10-15(22(2)3)11-4-5-11)20-9-12-8-13(17)6-7-14(12)18/h6-8,11,15H,4-5,9-10H2,1-3H3,(H2,19,20,21). The van der Waals surface area contributed by atoms with E-state index in [1.165, 1.54) is 18.9 Å². The Bertz CT molecular complexity index is 525. The molecule has 4 nitrogen and oxygen atoms in total. The zero-order chi connectivity index (χ0) is 16.1. The van der Waals surface area contributed by atoms with Gasteiger partial charge in [0.2, 0.25) is 0 Å². The van der Waals surface area contributed by atoms with Crippen LogP contribution in [0.2, 0.25) is 0 Å². The maximum Gasteiger partial charge on any atom is 0.191 e. The number of halogens is 2. The molecular weight excluding hydrogens is 286 g/mol. The van der Waals surface area contributed by atoms with Gasteiger partial charge in [0.1, 0.15) is 11.6 Å². The second-order valence-corrected chi connectivity index (χ2v) is 5.91. The van der Waals surface area contributed by atoms with Crippen LogP contribution in [0.15, 0.2) is 23.2 Å². The fraction of sp³-hybridized carbons (Fsp3) is 0.562. The largest absolute Gasteiger partial charge is 0.355 e. The van der Waals surface area contributed by atoms with Crippen LogP contribution in [0.5, 0.6) is 0 Å². The third-order valence-corrected chi connectivity index (χ3v) is 3.99. The minimum atomic E-state index is -0.442. The van der Waals surface area contributed by atoms with E-state index in [0.29, 0.717) is 12.0 Å². The van der Waals surface area contributed by atoms with Crippen molar-refractivity contribution in [2.24, 2.45) is 10.9 Å². The number of hydrogen-bond donors (Lipinski definition) is 2. The van der Waals surface area contributed by atoms with Gasteiger partial charge in [-0.1, -0.05) is 0 Å². The van der Waals surface area contributed by atoms with E-state index in [-0.39, 0.29) is 12.1 Å². The molecule has 0 heterocycles. The van der Waals surface area contributed by atoms with Crippen molar-refractivity contribution in [3.8, 4) is 0 Å². The second-order valence-electron chi connectivity index (χ2n) is 5.91. The van der Waals surface area contributed by atoms with Crippen LogP contribution in [0.3, 0.4) is 0 Å². The number of nitrogens with zero attached hydrogens (tertiary/aromatic N) is 2. The van der Waals surface area contributed by atoms with E-state index in [2.05, 4.69) is 34.6 Å². The van der Waals surface area contributed by atoms with Gasteiger partial charge in [-0.05, 0) is 51.1 Å². The first kappa shape index (κ1) is 16.7. The van der Waals surface area contributed by atoms with Gasteiger partial charge in [-0.15, -0.1) is 0 Å². The van der Waals surface area contributed by atoms with Crippen molar-refractivity contribution in [1.29, 1.82) is 0 Å². The molecule has 1 aliphatic carbocycles. The number of rotatable bonds is 6. The summed E-state index contributed by atoms with van der Waals surface area (Å²) < 4.78 is 26.7. The molecular formula is C16H24F2N4. The lowest BCUT2D eigenvalue weighted by Gasteiger charge is -2.25. The molecule has 1 aromatic carbocycles. The smallest absolute Gasteiger partial charge is 0.191 e. The fourth-order valence-electron chi connectivity index (χ4n) is 2.53. The average Bonchev–Trinajstić information content (AvgIpc) is 3.30. The summed E-state index contributed by atoms with van der Waals surface area (Å²) >= 11 is 0. The molecule has 0 saturated heterocycles. The molecule has 1 aromatic rings. The molecule has 0 bridgehead atoms. The van der Waals surface area contributed by atoms with E-state index >= 15 is 0 Å². The lowest BCUT2D eigenvalue weighted by molar-refractivity contribution is 0.264. The second kappa shape index (κ2) is 7.54. The number of likely N-dealkylation sites (N-methyl/N-ethyl adjacent to an activating group) is 1. The molecule has 22 heavy (non-hydrogen) atoms. The molecule has 0 aliphatic heterocycles. The molecule has 0 spiro atoms. The summed E-state index contributed by atoms with van der Waals surface area (Å²) in [4.78, 5) is 6.34. The van der Waals surface area contributed by atoms with Crippen LogP contribution in [0.4, 0.5) is 8.78 Å². The summed E-state index contributed by atoms with van der Waals surface area (Å²) in [7, 11) is 5.81. The van der Waals surface area contributed by atoms with Crippen LogP contribution in [0.1, 0.15) is 18.4 Å². The van der Waals surface area contributed by atoms with Crippen LogP contribution < -0.4 is 10.6 Å². The van der Waals surface area contributed by atoms with Gasteiger partial charge in [0, 0.05) is 31.7 Å². The van der Waals surface area contributed by atoms with Crippen molar-refractivity contribution in [1.82, 2.24) is 15.5 Å². The number of hydrogen-bond acceptors (Lipinski definition) is 2. The highest BCUT2D eigenvalue weighted by Crippen LogP contribution is 2.34. The Morgan fingerprint density at radius 3 is 2.64 bits per heavy atom. The summed E-state index contributed by atoms with van der Waals surface area (Å²) in [6.07, 6.45) is 2.54. The van der Waals surface area contributed by atoms with Gasteiger partial charge < -0.3 is 15.5 Å². The summed E-state index contributed by atoms with van der Waals surface area (Å²) in [5.74, 6) is 0.466. The third kappa shape index (κ3) is 4.66. The summed E-state index contributed by atoms with van der Waals surface area (Å²) in [6.45, 7) is 0.975. The lowest BCUT2D eigenvalue weighted by atomic mass is 10.1. The summed E-state index contributed by atoms with van der Waals surface area (Å²) in [5, 5.41) is 6.28. The third-order valence-electron chi connectivity index (χ3n) is 3.99. The SMILES string of the molecule is CN=C(NCc1cc(F)ccc1F)NCC(C1CC1)N(C)C. The molecule has 2 rings (SSSR count). The Hall–Kier alpha value is -1.69. The van der Waals surface area contributed by atoms with Crippen LogP contribution >= 0.6 is 0 Å². The van der Waals surface area contributed by atoms with Crippen molar-refractivity contribution >= 4 is 5.96 Å². The van der Waals surface area contributed by atoms with E-state index < -0.39 is 11.6 Å². The highest BCUT2D eigenvalue weighted by molar-refractivity contribution is 5.79. The van der Waals surface area contributed by atoms with Gasteiger partial charge >= 0.3 is 0 Å². The minimum Gasteiger partial charge on any atom is -0.355 e. The zero-order valence-electron chi connectivity index (χ0n) is 13.4. The van der Waals surface area contributed by atoms with Gasteiger partial charge in [0.25, 0.3) is 0 Å². The molecule has 122 valence electrons. The van der Waals surface area contributed by atoms with Gasteiger partial charge in [-0.3, -0.25) is 4.99 Å². The molecule has 0 aromatic heterocycles. The Balaban J connectivity index is 1.86. The molecule has 1 unspecified atom stereocenters. The number of aliphatic imine (C=N–C) groups is 1. The molecule has 1 saturated carbocycles. The van der Waals surface area contributed by atoms with Crippen LogP contribution in [-0.2, 0) is 6.54 Å². The Morgan fingerprint density at radius 1 is 1.32 bits per heavy atom. The Labute approximate surface area is 130 Å². The van der Waals surface area contributed by atoms with Gasteiger partial charge in [0.05, 0.1) is 0 Å². The predicted octanol–water partition coefficient (Wildman–Crippen LogP) is 1.97. The first-order valence-corrected chi connectivity index (χ1v) is 7.56. The zero-order valence-corrected chi connectivity index (χ0v) is 13.4. The molecule has 0 amide bonds. The van der Waals surface area contributed by atoms with E-state index in [9.17, 15) is 8.78 Å². The van der Waals surface area contributed by atoms with E-state index in [1.807, 2.05) is 0 Å².